The lowest BCUT2D eigenvalue weighted by Gasteiger charge is -2.18. The fourth-order valence-corrected chi connectivity index (χ4v) is 3.50. The third-order valence-corrected chi connectivity index (χ3v) is 4.67. The smallest absolute Gasteiger partial charge is 0.0818 e. The van der Waals surface area contributed by atoms with Crippen molar-refractivity contribution >= 4 is 5.69 Å². The quantitative estimate of drug-likeness (QED) is 0.833. The Morgan fingerprint density at radius 3 is 2.43 bits per heavy atom. The van der Waals surface area contributed by atoms with Gasteiger partial charge in [0, 0.05) is 5.69 Å². The molecule has 2 nitrogen and oxygen atoms in total. The first-order valence-corrected chi connectivity index (χ1v) is 7.80. The Bertz CT molecular complexity index is 564. The Morgan fingerprint density at radius 1 is 1.00 bits per heavy atom. The molecule has 0 heterocycles. The van der Waals surface area contributed by atoms with E-state index in [1.54, 1.807) is 0 Å². The Hall–Kier alpha value is -1.80. The van der Waals surface area contributed by atoms with Crippen LogP contribution in [0.2, 0.25) is 0 Å². The molecule has 3 atom stereocenters. The van der Waals surface area contributed by atoms with E-state index in [4.69, 9.17) is 5.73 Å². The van der Waals surface area contributed by atoms with Gasteiger partial charge in [-0.2, -0.15) is 0 Å². The maximum absolute atomic E-state index is 10.5. The second kappa shape index (κ2) is 6.31. The molecule has 0 amide bonds. The maximum Gasteiger partial charge on any atom is 0.0818 e. The fourth-order valence-electron chi connectivity index (χ4n) is 3.50. The molecule has 1 fully saturated rings. The molecule has 0 aliphatic heterocycles. The predicted molar refractivity (Wildman–Crippen MR) is 86.8 cm³/mol. The van der Waals surface area contributed by atoms with Crippen LogP contribution in [0.3, 0.4) is 0 Å². The number of anilines is 1. The zero-order valence-corrected chi connectivity index (χ0v) is 12.3. The van der Waals surface area contributed by atoms with Crippen LogP contribution in [0.4, 0.5) is 5.69 Å². The van der Waals surface area contributed by atoms with Crippen LogP contribution in [0.25, 0.3) is 0 Å². The first kappa shape index (κ1) is 14.2. The monoisotopic (exact) mass is 281 g/mol. The van der Waals surface area contributed by atoms with Gasteiger partial charge in [0.05, 0.1) is 6.10 Å². The molecule has 1 unspecified atom stereocenters. The largest absolute Gasteiger partial charge is 0.399 e. The molecule has 2 aromatic carbocycles. The number of nitrogens with two attached hydrogens (primary N) is 1. The molecule has 0 bridgehead atoms. The van der Waals surface area contributed by atoms with Crippen molar-refractivity contribution in [2.24, 2.45) is 11.8 Å². The lowest BCUT2D eigenvalue weighted by atomic mass is 9.91. The number of aliphatic hydroxyl groups is 1. The van der Waals surface area contributed by atoms with E-state index in [1.165, 1.54) is 12.0 Å². The van der Waals surface area contributed by atoms with E-state index in [9.17, 15) is 5.11 Å². The van der Waals surface area contributed by atoms with Gasteiger partial charge in [0.1, 0.15) is 0 Å². The van der Waals surface area contributed by atoms with Gasteiger partial charge in [-0.25, -0.2) is 0 Å². The molecule has 0 aromatic heterocycles. The van der Waals surface area contributed by atoms with E-state index in [-0.39, 0.29) is 6.10 Å². The molecule has 21 heavy (non-hydrogen) atoms. The molecule has 1 aliphatic carbocycles. The van der Waals surface area contributed by atoms with Crippen molar-refractivity contribution in [3.63, 3.8) is 0 Å². The SMILES string of the molecule is Nc1ccc(CC2CC[C@H]([C@H](O)c3ccccc3)C2)cc1. The average Bonchev–Trinajstić information content (AvgIpc) is 2.98. The second-order valence-corrected chi connectivity index (χ2v) is 6.24. The lowest BCUT2D eigenvalue weighted by Crippen LogP contribution is -2.10. The molecular weight excluding hydrogens is 258 g/mol. The first-order valence-electron chi connectivity index (χ1n) is 7.80. The van der Waals surface area contributed by atoms with Crippen molar-refractivity contribution in [2.75, 3.05) is 5.73 Å². The van der Waals surface area contributed by atoms with Gasteiger partial charge in [0.2, 0.25) is 0 Å². The Labute approximate surface area is 126 Å². The van der Waals surface area contributed by atoms with Crippen LogP contribution in [0.1, 0.15) is 36.5 Å². The number of hydrogen-bond donors (Lipinski definition) is 2. The van der Waals surface area contributed by atoms with E-state index in [2.05, 4.69) is 12.1 Å². The maximum atomic E-state index is 10.5. The normalized spacial score (nSPS) is 23.1. The van der Waals surface area contributed by atoms with Crippen LogP contribution in [-0.2, 0) is 6.42 Å². The minimum absolute atomic E-state index is 0.317. The van der Waals surface area contributed by atoms with Crippen molar-refractivity contribution in [1.82, 2.24) is 0 Å². The first-order chi connectivity index (χ1) is 10.2. The molecule has 2 aromatic rings. The van der Waals surface area contributed by atoms with E-state index in [0.29, 0.717) is 11.8 Å². The lowest BCUT2D eigenvalue weighted by molar-refractivity contribution is 0.109. The Morgan fingerprint density at radius 2 is 1.71 bits per heavy atom. The third kappa shape index (κ3) is 3.45. The highest BCUT2D eigenvalue weighted by Gasteiger charge is 2.30. The van der Waals surface area contributed by atoms with Crippen molar-refractivity contribution in [3.05, 3.63) is 65.7 Å². The molecule has 0 saturated heterocycles. The Kier molecular flexibility index (Phi) is 4.26. The topological polar surface area (TPSA) is 46.2 Å². The van der Waals surface area contributed by atoms with Crippen LogP contribution in [0, 0.1) is 11.8 Å². The summed E-state index contributed by atoms with van der Waals surface area (Å²) in [6.07, 6.45) is 4.22. The molecule has 110 valence electrons. The molecule has 2 heteroatoms. The van der Waals surface area contributed by atoms with Gasteiger partial charge in [-0.15, -0.1) is 0 Å². The summed E-state index contributed by atoms with van der Waals surface area (Å²) in [5, 5.41) is 10.5. The summed E-state index contributed by atoms with van der Waals surface area (Å²) in [6, 6.07) is 18.2. The number of benzene rings is 2. The van der Waals surface area contributed by atoms with Crippen LogP contribution in [0.5, 0.6) is 0 Å². The summed E-state index contributed by atoms with van der Waals surface area (Å²) in [6.45, 7) is 0. The fraction of sp³-hybridized carbons (Fsp3) is 0.368. The van der Waals surface area contributed by atoms with Gasteiger partial charge in [-0.05, 0) is 60.8 Å². The summed E-state index contributed by atoms with van der Waals surface area (Å²) in [7, 11) is 0. The van der Waals surface area contributed by atoms with E-state index in [1.807, 2.05) is 42.5 Å². The van der Waals surface area contributed by atoms with Gasteiger partial charge in [-0.1, -0.05) is 42.5 Å². The summed E-state index contributed by atoms with van der Waals surface area (Å²) in [5.41, 5.74) is 8.95. The van der Waals surface area contributed by atoms with Crippen LogP contribution in [0.15, 0.2) is 54.6 Å². The van der Waals surface area contributed by atoms with Gasteiger partial charge < -0.3 is 10.8 Å². The van der Waals surface area contributed by atoms with Crippen LogP contribution < -0.4 is 5.73 Å². The zero-order chi connectivity index (χ0) is 14.7. The average molecular weight is 281 g/mol. The second-order valence-electron chi connectivity index (χ2n) is 6.24. The van der Waals surface area contributed by atoms with Crippen LogP contribution >= 0.6 is 0 Å². The molecule has 0 radical (unpaired) electrons. The molecule has 3 rings (SSSR count). The predicted octanol–water partition coefficient (Wildman–Crippen LogP) is 3.96. The van der Waals surface area contributed by atoms with Gasteiger partial charge in [0.25, 0.3) is 0 Å². The van der Waals surface area contributed by atoms with Crippen molar-refractivity contribution < 1.29 is 5.11 Å². The molecule has 1 saturated carbocycles. The van der Waals surface area contributed by atoms with Crippen molar-refractivity contribution in [3.8, 4) is 0 Å². The van der Waals surface area contributed by atoms with E-state index < -0.39 is 0 Å². The van der Waals surface area contributed by atoms with E-state index >= 15 is 0 Å². The summed E-state index contributed by atoms with van der Waals surface area (Å²) in [5.74, 6) is 1.07. The number of aliphatic hydroxyl groups excluding tert-OH is 1. The highest BCUT2D eigenvalue weighted by molar-refractivity contribution is 5.39. The summed E-state index contributed by atoms with van der Waals surface area (Å²) < 4.78 is 0. The van der Waals surface area contributed by atoms with Gasteiger partial charge in [-0.3, -0.25) is 0 Å². The standard InChI is InChI=1S/C19H23NO/c20-18-10-7-14(8-11-18)12-15-6-9-17(13-15)19(21)16-4-2-1-3-5-16/h1-5,7-8,10-11,15,17,19,21H,6,9,12-13,20H2/t15?,17-,19+/m0/s1. The minimum Gasteiger partial charge on any atom is -0.399 e. The summed E-state index contributed by atoms with van der Waals surface area (Å²) in [4.78, 5) is 0. The third-order valence-electron chi connectivity index (χ3n) is 4.67. The zero-order valence-electron chi connectivity index (χ0n) is 12.3. The van der Waals surface area contributed by atoms with Crippen molar-refractivity contribution in [2.45, 2.75) is 31.8 Å². The van der Waals surface area contributed by atoms with Gasteiger partial charge in [0.15, 0.2) is 0 Å². The highest BCUT2D eigenvalue weighted by Crippen LogP contribution is 2.40. The van der Waals surface area contributed by atoms with E-state index in [0.717, 1.165) is 30.5 Å². The van der Waals surface area contributed by atoms with Crippen molar-refractivity contribution in [1.29, 1.82) is 0 Å². The highest BCUT2D eigenvalue weighted by atomic mass is 16.3. The molecule has 0 spiro atoms. The molecule has 3 N–H and O–H groups in total. The number of rotatable bonds is 4. The number of hydrogen-bond acceptors (Lipinski definition) is 2. The Balaban J connectivity index is 1.59. The number of nitrogen functional groups attached to an aromatic ring is 1. The molecule has 1 aliphatic rings. The minimum atomic E-state index is -0.317. The summed E-state index contributed by atoms with van der Waals surface area (Å²) >= 11 is 0. The van der Waals surface area contributed by atoms with Gasteiger partial charge >= 0.3 is 0 Å². The molecular formula is C19H23NO. The van der Waals surface area contributed by atoms with Crippen LogP contribution in [-0.4, -0.2) is 5.11 Å².